The summed E-state index contributed by atoms with van der Waals surface area (Å²) in [5, 5.41) is 16.7. The van der Waals surface area contributed by atoms with Gasteiger partial charge in [0.25, 0.3) is 11.8 Å². The van der Waals surface area contributed by atoms with Crippen LogP contribution in [0.3, 0.4) is 0 Å². The van der Waals surface area contributed by atoms with Crippen LogP contribution in [0.5, 0.6) is 0 Å². The van der Waals surface area contributed by atoms with Gasteiger partial charge in [-0.3, -0.25) is 19.3 Å². The predicted molar refractivity (Wildman–Crippen MR) is 150 cm³/mol. The van der Waals surface area contributed by atoms with E-state index in [4.69, 9.17) is 26.5 Å². The molecule has 1 unspecified atom stereocenters. The summed E-state index contributed by atoms with van der Waals surface area (Å²) in [6, 6.07) is 15.6. The molecule has 1 atom stereocenters. The summed E-state index contributed by atoms with van der Waals surface area (Å²) in [5.41, 5.74) is 13.7. The SMILES string of the molecule is CCC1CCCc2nc(C(N)=O)sc21.NCc1cccc(N(CC(=O)O)C(=O)c2ccccc2)c1.O=C(O)C(F)(F)F. The van der Waals surface area contributed by atoms with E-state index < -0.39 is 24.7 Å². The van der Waals surface area contributed by atoms with Gasteiger partial charge in [0, 0.05) is 22.7 Å². The number of carbonyl (C=O) groups excluding carboxylic acids is 2. The van der Waals surface area contributed by atoms with Crippen LogP contribution in [-0.2, 0) is 22.6 Å². The molecular formula is C28H31F3N4O6S. The third-order valence-corrected chi connectivity index (χ3v) is 7.30. The normalized spacial score (nSPS) is 13.8. The number of carboxylic acid groups (broad SMARTS) is 2. The standard InChI is InChI=1S/C16H16N2O3.C10H14N2OS.C2HF3O2/c17-10-12-5-4-8-14(9-12)18(11-15(19)20)16(21)13-6-2-1-3-7-13;1-2-6-4-3-5-7-8(6)14-10(12-7)9(11)13;3-2(4,5)1(6)7/h1-9H,10-11,17H2,(H,19,20);6H,2-5H2,1H3,(H2,11,13);(H,6,7). The van der Waals surface area contributed by atoms with Gasteiger partial charge in [0.15, 0.2) is 5.01 Å². The van der Waals surface area contributed by atoms with Gasteiger partial charge < -0.3 is 21.7 Å². The Hall–Kier alpha value is -4.30. The molecule has 0 fully saturated rings. The smallest absolute Gasteiger partial charge is 0.480 e. The van der Waals surface area contributed by atoms with Crippen LogP contribution in [0.4, 0.5) is 18.9 Å². The molecule has 226 valence electrons. The van der Waals surface area contributed by atoms with Gasteiger partial charge in [0.1, 0.15) is 6.54 Å². The summed E-state index contributed by atoms with van der Waals surface area (Å²) < 4.78 is 31.7. The maximum absolute atomic E-state index is 12.5. The number of rotatable bonds is 7. The quantitative estimate of drug-likeness (QED) is 0.301. The van der Waals surface area contributed by atoms with E-state index in [-0.39, 0.29) is 11.8 Å². The number of thiazole rings is 1. The largest absolute Gasteiger partial charge is 0.490 e. The zero-order chi connectivity index (χ0) is 31.4. The molecule has 0 aliphatic heterocycles. The monoisotopic (exact) mass is 608 g/mol. The highest BCUT2D eigenvalue weighted by molar-refractivity contribution is 7.13. The summed E-state index contributed by atoms with van der Waals surface area (Å²) in [6.45, 7) is 2.11. The van der Waals surface area contributed by atoms with Gasteiger partial charge in [0.05, 0.1) is 5.69 Å². The van der Waals surface area contributed by atoms with Crippen LogP contribution in [-0.4, -0.2) is 51.7 Å². The van der Waals surface area contributed by atoms with Crippen molar-refractivity contribution in [3.8, 4) is 0 Å². The Morgan fingerprint density at radius 3 is 2.24 bits per heavy atom. The first-order chi connectivity index (χ1) is 19.8. The van der Waals surface area contributed by atoms with Gasteiger partial charge >= 0.3 is 18.1 Å². The van der Waals surface area contributed by atoms with Crippen molar-refractivity contribution in [3.05, 3.63) is 81.3 Å². The van der Waals surface area contributed by atoms with Crippen molar-refractivity contribution >= 4 is 40.8 Å². The number of halogens is 3. The number of nitrogens with two attached hydrogens (primary N) is 2. The van der Waals surface area contributed by atoms with Crippen LogP contribution in [0.15, 0.2) is 54.6 Å². The lowest BCUT2D eigenvalue weighted by molar-refractivity contribution is -0.192. The lowest BCUT2D eigenvalue weighted by atomic mass is 9.90. The Kier molecular flexibility index (Phi) is 12.6. The van der Waals surface area contributed by atoms with Crippen LogP contribution in [0.1, 0.15) is 68.4 Å². The van der Waals surface area contributed by atoms with Crippen molar-refractivity contribution in [1.82, 2.24) is 4.98 Å². The molecule has 3 aromatic rings. The van der Waals surface area contributed by atoms with Crippen molar-refractivity contribution in [3.63, 3.8) is 0 Å². The molecule has 10 nitrogen and oxygen atoms in total. The second-order valence-corrected chi connectivity index (χ2v) is 10.1. The van der Waals surface area contributed by atoms with E-state index in [9.17, 15) is 27.6 Å². The molecule has 0 saturated carbocycles. The third kappa shape index (κ3) is 9.96. The first-order valence-electron chi connectivity index (χ1n) is 12.8. The molecule has 1 aliphatic rings. The fourth-order valence-electron chi connectivity index (χ4n) is 4.01. The molecule has 2 aromatic carbocycles. The number of aliphatic carboxylic acids is 2. The average molecular weight is 609 g/mol. The number of carbonyl (C=O) groups is 4. The Bertz CT molecular complexity index is 1380. The number of hydrogen-bond donors (Lipinski definition) is 4. The lowest BCUT2D eigenvalue weighted by Crippen LogP contribution is -2.35. The summed E-state index contributed by atoms with van der Waals surface area (Å²) in [5.74, 6) is -3.97. The Morgan fingerprint density at radius 2 is 1.71 bits per heavy atom. The van der Waals surface area contributed by atoms with Crippen molar-refractivity contribution in [2.75, 3.05) is 11.4 Å². The molecule has 4 rings (SSSR count). The van der Waals surface area contributed by atoms with Gasteiger partial charge in [0.2, 0.25) is 0 Å². The minimum atomic E-state index is -5.08. The molecule has 1 aromatic heterocycles. The number of alkyl halides is 3. The second-order valence-electron chi connectivity index (χ2n) is 9.02. The highest BCUT2D eigenvalue weighted by atomic mass is 32.1. The number of benzene rings is 2. The number of primary amides is 1. The van der Waals surface area contributed by atoms with Crippen molar-refractivity contribution in [1.29, 1.82) is 0 Å². The summed E-state index contributed by atoms with van der Waals surface area (Å²) >= 11 is 1.49. The molecule has 0 bridgehead atoms. The molecule has 1 heterocycles. The minimum absolute atomic E-state index is 0.328. The molecule has 0 saturated heterocycles. The molecule has 2 amide bonds. The molecule has 14 heteroatoms. The van der Waals surface area contributed by atoms with E-state index in [1.807, 2.05) is 6.07 Å². The Labute approximate surface area is 243 Å². The van der Waals surface area contributed by atoms with Gasteiger partial charge in [-0.1, -0.05) is 37.3 Å². The van der Waals surface area contributed by atoms with E-state index >= 15 is 0 Å². The first-order valence-corrected chi connectivity index (χ1v) is 13.6. The minimum Gasteiger partial charge on any atom is -0.480 e. The number of aryl methyl sites for hydroxylation is 1. The van der Waals surface area contributed by atoms with Crippen LogP contribution in [0, 0.1) is 0 Å². The molecule has 1 aliphatic carbocycles. The molecule has 0 radical (unpaired) electrons. The van der Waals surface area contributed by atoms with Crippen LogP contribution >= 0.6 is 11.3 Å². The maximum atomic E-state index is 12.5. The zero-order valence-corrected chi connectivity index (χ0v) is 23.5. The van der Waals surface area contributed by atoms with Crippen LogP contribution in [0.2, 0.25) is 0 Å². The summed E-state index contributed by atoms with van der Waals surface area (Å²) in [4.78, 5) is 50.3. The van der Waals surface area contributed by atoms with Gasteiger partial charge in [-0.25, -0.2) is 9.78 Å². The maximum Gasteiger partial charge on any atom is 0.490 e. The molecular weight excluding hydrogens is 577 g/mol. The van der Waals surface area contributed by atoms with Crippen LogP contribution in [0.25, 0.3) is 0 Å². The predicted octanol–water partition coefficient (Wildman–Crippen LogP) is 4.58. The average Bonchev–Trinajstić information content (AvgIpc) is 3.41. The number of carboxylic acids is 2. The topological polar surface area (TPSA) is 177 Å². The van der Waals surface area contributed by atoms with Crippen molar-refractivity contribution in [2.45, 2.75) is 51.2 Å². The zero-order valence-electron chi connectivity index (χ0n) is 22.6. The van der Waals surface area contributed by atoms with E-state index in [1.165, 1.54) is 34.0 Å². The summed E-state index contributed by atoms with van der Waals surface area (Å²) in [7, 11) is 0. The van der Waals surface area contributed by atoms with Gasteiger partial charge in [-0.2, -0.15) is 13.2 Å². The van der Waals surface area contributed by atoms with E-state index in [2.05, 4.69) is 11.9 Å². The van der Waals surface area contributed by atoms with Gasteiger partial charge in [-0.15, -0.1) is 11.3 Å². The Balaban J connectivity index is 0.000000252. The van der Waals surface area contributed by atoms with Crippen molar-refractivity contribution in [2.24, 2.45) is 11.5 Å². The highest BCUT2D eigenvalue weighted by Crippen LogP contribution is 2.37. The number of amides is 2. The lowest BCUT2D eigenvalue weighted by Gasteiger charge is -2.21. The Morgan fingerprint density at radius 1 is 1.07 bits per heavy atom. The van der Waals surface area contributed by atoms with E-state index in [0.717, 1.165) is 24.1 Å². The van der Waals surface area contributed by atoms with Crippen LogP contribution < -0.4 is 16.4 Å². The third-order valence-electron chi connectivity index (χ3n) is 6.03. The van der Waals surface area contributed by atoms with E-state index in [0.29, 0.717) is 28.7 Å². The number of aromatic nitrogens is 1. The van der Waals surface area contributed by atoms with E-state index in [1.54, 1.807) is 48.5 Å². The molecule has 0 spiro atoms. The number of nitrogens with zero attached hydrogens (tertiary/aromatic N) is 2. The van der Waals surface area contributed by atoms with Crippen molar-refractivity contribution < 1.29 is 42.6 Å². The molecule has 42 heavy (non-hydrogen) atoms. The van der Waals surface area contributed by atoms with Gasteiger partial charge in [-0.05, 0) is 61.4 Å². The number of anilines is 1. The fourth-order valence-corrected chi connectivity index (χ4v) is 5.19. The highest BCUT2D eigenvalue weighted by Gasteiger charge is 2.38. The first kappa shape index (κ1) is 33.9. The summed E-state index contributed by atoms with van der Waals surface area (Å²) in [6.07, 6.45) is -0.527. The second kappa shape index (κ2) is 15.6. The number of hydrogen-bond acceptors (Lipinski definition) is 7. The molecule has 6 N–H and O–H groups in total. The number of fused-ring (bicyclic) bond motifs is 1. The fraction of sp³-hybridized carbons (Fsp3) is 0.321.